The van der Waals surface area contributed by atoms with E-state index in [1.165, 1.54) is 38.5 Å². The monoisotopic (exact) mass is 532 g/mol. The van der Waals surface area contributed by atoms with Gasteiger partial charge in [-0.1, -0.05) is 101 Å². The number of carbonyl (C=O) groups excluding carboxylic acids is 2. The van der Waals surface area contributed by atoms with Crippen molar-refractivity contribution in [2.75, 3.05) is 12.4 Å². The van der Waals surface area contributed by atoms with Gasteiger partial charge in [0.15, 0.2) is 0 Å². The maximum absolute atomic E-state index is 12.5. The molecule has 5 heteroatoms. The molecule has 3 atom stereocenters. The molecule has 3 unspecified atom stereocenters. The summed E-state index contributed by atoms with van der Waals surface area (Å²) in [5, 5.41) is 11.2. The van der Waals surface area contributed by atoms with Gasteiger partial charge in [-0.15, -0.1) is 0 Å². The fourth-order valence-electron chi connectivity index (χ4n) is 5.28. The smallest absolute Gasteiger partial charge is 0.305 e. The second kappa shape index (κ2) is 18.8. The molecule has 0 aliphatic heterocycles. The number of hydrogen-bond donors (Lipinski definition) is 1. The number of aliphatic hydroxyl groups is 1. The first-order valence-corrected chi connectivity index (χ1v) is 16.0. The van der Waals surface area contributed by atoms with Gasteiger partial charge < -0.3 is 9.84 Å². The topological polar surface area (TPSA) is 63.6 Å². The molecule has 210 valence electrons. The van der Waals surface area contributed by atoms with Gasteiger partial charge in [-0.05, 0) is 38.2 Å². The summed E-state index contributed by atoms with van der Waals surface area (Å²) < 4.78 is 5.39. The molecule has 2 rings (SSSR count). The van der Waals surface area contributed by atoms with Crippen molar-refractivity contribution in [1.29, 1.82) is 0 Å². The molecule has 1 aromatic carbocycles. The van der Waals surface area contributed by atoms with E-state index in [2.05, 4.69) is 19.1 Å². The minimum absolute atomic E-state index is 0.0621. The average molecular weight is 533 g/mol. The van der Waals surface area contributed by atoms with Gasteiger partial charge >= 0.3 is 5.97 Å². The number of ether oxygens (including phenoxy) is 1. The van der Waals surface area contributed by atoms with E-state index in [1.54, 1.807) is 11.8 Å². The minimum atomic E-state index is -0.773. The van der Waals surface area contributed by atoms with E-state index in [0.29, 0.717) is 42.7 Å². The number of esters is 1. The molecule has 1 fully saturated rings. The third-order valence-electron chi connectivity index (χ3n) is 7.48. The average Bonchev–Trinajstić information content (AvgIpc) is 3.23. The van der Waals surface area contributed by atoms with Crippen LogP contribution in [0.25, 0.3) is 0 Å². The number of ketones is 1. The molecule has 0 saturated heterocycles. The Morgan fingerprint density at radius 2 is 1.62 bits per heavy atom. The highest BCUT2D eigenvalue weighted by atomic mass is 32.2. The summed E-state index contributed by atoms with van der Waals surface area (Å²) in [7, 11) is 0. The van der Waals surface area contributed by atoms with Crippen molar-refractivity contribution < 1.29 is 19.4 Å². The normalized spacial score (nSPS) is 19.2. The van der Waals surface area contributed by atoms with E-state index in [9.17, 15) is 14.7 Å². The molecule has 0 spiro atoms. The van der Waals surface area contributed by atoms with Crippen LogP contribution >= 0.6 is 11.8 Å². The fourth-order valence-corrected chi connectivity index (χ4v) is 6.76. The second-order valence-electron chi connectivity index (χ2n) is 11.3. The van der Waals surface area contributed by atoms with E-state index in [4.69, 9.17) is 4.74 Å². The molecular formula is C32H52O4S. The number of unbranched alkanes of at least 4 members (excludes halogenated alkanes) is 10. The zero-order chi connectivity index (χ0) is 26.8. The van der Waals surface area contributed by atoms with Gasteiger partial charge in [0.25, 0.3) is 0 Å². The van der Waals surface area contributed by atoms with E-state index < -0.39 is 5.60 Å². The van der Waals surface area contributed by atoms with Gasteiger partial charge in [-0.25, -0.2) is 0 Å². The number of carbonyl (C=O) groups is 2. The molecule has 0 amide bonds. The van der Waals surface area contributed by atoms with Crippen molar-refractivity contribution in [3.8, 4) is 0 Å². The first kappa shape index (κ1) is 31.9. The maximum Gasteiger partial charge on any atom is 0.305 e. The lowest BCUT2D eigenvalue weighted by molar-refractivity contribution is -0.143. The SMILES string of the molecule is CCCCCCCCCCOC(=O)CCCCCCC1C(=O)CCC1SCC(C)(O)Cc1ccccc1. The third-order valence-corrected chi connectivity index (χ3v) is 9.26. The molecule has 1 aliphatic carbocycles. The van der Waals surface area contributed by atoms with Crippen LogP contribution in [0.15, 0.2) is 30.3 Å². The van der Waals surface area contributed by atoms with Gasteiger partial charge in [0, 0.05) is 36.2 Å². The lowest BCUT2D eigenvalue weighted by Crippen LogP contribution is -2.32. The second-order valence-corrected chi connectivity index (χ2v) is 12.5. The molecular weight excluding hydrogens is 480 g/mol. The Labute approximate surface area is 230 Å². The fraction of sp³-hybridized carbons (Fsp3) is 0.750. The van der Waals surface area contributed by atoms with E-state index in [1.807, 2.05) is 25.1 Å². The van der Waals surface area contributed by atoms with Crippen LogP contribution in [0.2, 0.25) is 0 Å². The minimum Gasteiger partial charge on any atom is -0.466 e. The predicted molar refractivity (Wildman–Crippen MR) is 156 cm³/mol. The van der Waals surface area contributed by atoms with Gasteiger partial charge in [0.1, 0.15) is 5.78 Å². The third kappa shape index (κ3) is 14.4. The molecule has 4 nitrogen and oxygen atoms in total. The van der Waals surface area contributed by atoms with Crippen molar-refractivity contribution in [1.82, 2.24) is 0 Å². The molecule has 0 aromatic heterocycles. The van der Waals surface area contributed by atoms with Gasteiger partial charge in [0.05, 0.1) is 12.2 Å². The Morgan fingerprint density at radius 1 is 0.973 bits per heavy atom. The van der Waals surface area contributed by atoms with Crippen molar-refractivity contribution in [2.45, 2.75) is 134 Å². The number of hydrogen-bond acceptors (Lipinski definition) is 5. The van der Waals surface area contributed by atoms with Crippen molar-refractivity contribution in [2.24, 2.45) is 5.92 Å². The highest BCUT2D eigenvalue weighted by Crippen LogP contribution is 2.37. The lowest BCUT2D eigenvalue weighted by atomic mass is 9.98. The number of Topliss-reactive ketones (excluding diaryl/α,β-unsaturated/α-hetero) is 1. The Balaban J connectivity index is 1.50. The van der Waals surface area contributed by atoms with E-state index in [0.717, 1.165) is 56.9 Å². The van der Waals surface area contributed by atoms with Crippen molar-refractivity contribution >= 4 is 23.5 Å². The molecule has 0 radical (unpaired) electrons. The quantitative estimate of drug-likeness (QED) is 0.128. The molecule has 37 heavy (non-hydrogen) atoms. The zero-order valence-corrected chi connectivity index (χ0v) is 24.4. The largest absolute Gasteiger partial charge is 0.466 e. The van der Waals surface area contributed by atoms with E-state index >= 15 is 0 Å². The Hall–Kier alpha value is -1.33. The van der Waals surface area contributed by atoms with Crippen LogP contribution in [0.5, 0.6) is 0 Å². The predicted octanol–water partition coefficient (Wildman–Crippen LogP) is 8.09. The molecule has 1 aromatic rings. The zero-order valence-electron chi connectivity index (χ0n) is 23.6. The molecule has 1 saturated carbocycles. The van der Waals surface area contributed by atoms with Crippen LogP contribution in [0.4, 0.5) is 0 Å². The van der Waals surface area contributed by atoms with E-state index in [-0.39, 0.29) is 11.9 Å². The van der Waals surface area contributed by atoms with Gasteiger partial charge in [-0.2, -0.15) is 11.8 Å². The standard InChI is InChI=1S/C32H52O4S/c1-3-4-5-6-7-8-11-17-24-36-31(34)21-16-10-9-15-20-28-29(33)22-23-30(28)37-26-32(2,35)25-27-18-13-12-14-19-27/h12-14,18-19,28,30,35H,3-11,15-17,20-26H2,1-2H3. The summed E-state index contributed by atoms with van der Waals surface area (Å²) in [6.07, 6.45) is 17.6. The van der Waals surface area contributed by atoms with Crippen LogP contribution in [0, 0.1) is 5.92 Å². The molecule has 1 N–H and O–H groups in total. The first-order valence-electron chi connectivity index (χ1n) is 15.0. The number of benzene rings is 1. The summed E-state index contributed by atoms with van der Waals surface area (Å²) in [5.74, 6) is 1.10. The van der Waals surface area contributed by atoms with Crippen LogP contribution in [-0.2, 0) is 20.7 Å². The summed E-state index contributed by atoms with van der Waals surface area (Å²) in [4.78, 5) is 24.5. The summed E-state index contributed by atoms with van der Waals surface area (Å²) in [6, 6.07) is 10.1. The Bertz CT molecular complexity index is 748. The van der Waals surface area contributed by atoms with Gasteiger partial charge in [0.2, 0.25) is 0 Å². The summed E-state index contributed by atoms with van der Waals surface area (Å²) in [6.45, 7) is 4.71. The lowest BCUT2D eigenvalue weighted by Gasteiger charge is -2.26. The van der Waals surface area contributed by atoms with Crippen LogP contribution < -0.4 is 0 Å². The maximum atomic E-state index is 12.5. The number of thioether (sulfide) groups is 1. The van der Waals surface area contributed by atoms with Crippen LogP contribution in [-0.4, -0.2) is 40.1 Å². The van der Waals surface area contributed by atoms with Crippen molar-refractivity contribution in [3.63, 3.8) is 0 Å². The first-order chi connectivity index (χ1) is 17.9. The highest BCUT2D eigenvalue weighted by molar-refractivity contribution is 8.00. The summed E-state index contributed by atoms with van der Waals surface area (Å²) in [5.41, 5.74) is 0.370. The highest BCUT2D eigenvalue weighted by Gasteiger charge is 2.35. The van der Waals surface area contributed by atoms with Gasteiger partial charge in [-0.3, -0.25) is 9.59 Å². The molecule has 0 heterocycles. The summed E-state index contributed by atoms with van der Waals surface area (Å²) >= 11 is 1.78. The number of rotatable bonds is 21. The van der Waals surface area contributed by atoms with Crippen LogP contribution in [0.3, 0.4) is 0 Å². The Kier molecular flexibility index (Phi) is 16.2. The van der Waals surface area contributed by atoms with Crippen molar-refractivity contribution in [3.05, 3.63) is 35.9 Å². The molecule has 1 aliphatic rings. The Morgan fingerprint density at radius 3 is 2.35 bits per heavy atom. The van der Waals surface area contributed by atoms with Crippen LogP contribution in [0.1, 0.15) is 122 Å². The molecule has 0 bridgehead atoms.